The van der Waals surface area contributed by atoms with Crippen molar-refractivity contribution < 1.29 is 9.90 Å². The normalized spacial score (nSPS) is 17.4. The molecule has 0 aliphatic heterocycles. The highest BCUT2D eigenvalue weighted by atomic mass is 32.1. The van der Waals surface area contributed by atoms with Gasteiger partial charge >= 0.3 is 0 Å². The summed E-state index contributed by atoms with van der Waals surface area (Å²) in [5.74, 6) is 0.355. The van der Waals surface area contributed by atoms with Crippen molar-refractivity contribution in [3.63, 3.8) is 0 Å². The number of aromatic nitrogens is 2. The van der Waals surface area contributed by atoms with Gasteiger partial charge in [-0.15, -0.1) is 11.3 Å². The van der Waals surface area contributed by atoms with Crippen LogP contribution in [-0.2, 0) is 6.42 Å². The number of fused-ring (bicyclic) bond motifs is 2. The van der Waals surface area contributed by atoms with Crippen LogP contribution in [0.15, 0.2) is 60.2 Å². The first-order valence-corrected chi connectivity index (χ1v) is 10.8. The molecule has 0 fully saturated rings. The lowest BCUT2D eigenvalue weighted by molar-refractivity contribution is 0.0963. The maximum Gasteiger partial charge on any atom is 0.254 e. The lowest BCUT2D eigenvalue weighted by Gasteiger charge is -2.21. The molecule has 0 bridgehead atoms. The van der Waals surface area contributed by atoms with E-state index in [1.807, 2.05) is 48.0 Å². The fraction of sp³-hybridized carbons (Fsp3) is 0.174. The Labute approximate surface area is 183 Å². The molecule has 0 saturated heterocycles. The SMILES string of the molecule is CNC(=O)c1cnc(Nc2ccc3ncsc3c2)cc1N[C@H]1c2ccccc2C[C@@H]1O. The number of carbonyl (C=O) groups excluding carboxylic acids is 1. The second kappa shape index (κ2) is 7.98. The number of amides is 1. The van der Waals surface area contributed by atoms with Crippen molar-refractivity contribution in [1.82, 2.24) is 15.3 Å². The summed E-state index contributed by atoms with van der Waals surface area (Å²) in [4.78, 5) is 21.2. The van der Waals surface area contributed by atoms with E-state index >= 15 is 0 Å². The van der Waals surface area contributed by atoms with Crippen LogP contribution in [0.25, 0.3) is 10.2 Å². The minimum Gasteiger partial charge on any atom is -0.390 e. The van der Waals surface area contributed by atoms with Gasteiger partial charge in [0.2, 0.25) is 0 Å². The average molecular weight is 432 g/mol. The molecule has 8 heteroatoms. The summed E-state index contributed by atoms with van der Waals surface area (Å²) < 4.78 is 1.08. The van der Waals surface area contributed by atoms with Crippen molar-refractivity contribution in [2.75, 3.05) is 17.7 Å². The summed E-state index contributed by atoms with van der Waals surface area (Å²) in [5.41, 5.74) is 6.83. The van der Waals surface area contributed by atoms with E-state index in [0.29, 0.717) is 23.5 Å². The molecule has 4 aromatic rings. The van der Waals surface area contributed by atoms with E-state index < -0.39 is 6.10 Å². The molecule has 2 heterocycles. The molecule has 31 heavy (non-hydrogen) atoms. The molecule has 1 aliphatic carbocycles. The van der Waals surface area contributed by atoms with E-state index in [1.54, 1.807) is 30.6 Å². The monoisotopic (exact) mass is 431 g/mol. The number of hydrogen-bond acceptors (Lipinski definition) is 7. The number of benzene rings is 2. The second-order valence-corrected chi connectivity index (χ2v) is 8.33. The zero-order valence-corrected chi connectivity index (χ0v) is 17.6. The van der Waals surface area contributed by atoms with Crippen LogP contribution in [0.1, 0.15) is 27.5 Å². The van der Waals surface area contributed by atoms with E-state index in [4.69, 9.17) is 0 Å². The number of aliphatic hydroxyl groups is 1. The van der Waals surface area contributed by atoms with Crippen molar-refractivity contribution in [2.45, 2.75) is 18.6 Å². The number of nitrogens with zero attached hydrogens (tertiary/aromatic N) is 2. The first-order valence-electron chi connectivity index (χ1n) is 9.97. The molecule has 0 spiro atoms. The Bertz CT molecular complexity index is 1270. The summed E-state index contributed by atoms with van der Waals surface area (Å²) in [5, 5.41) is 20.0. The quantitative estimate of drug-likeness (QED) is 0.383. The van der Waals surface area contributed by atoms with E-state index in [1.165, 1.54) is 0 Å². The number of carbonyl (C=O) groups is 1. The maximum absolute atomic E-state index is 12.4. The van der Waals surface area contributed by atoms with Crippen molar-refractivity contribution in [1.29, 1.82) is 0 Å². The summed E-state index contributed by atoms with van der Waals surface area (Å²) in [6, 6.07) is 15.4. The molecule has 0 unspecified atom stereocenters. The lowest BCUT2D eigenvalue weighted by atomic mass is 10.1. The van der Waals surface area contributed by atoms with Crippen molar-refractivity contribution in [3.05, 3.63) is 76.9 Å². The van der Waals surface area contributed by atoms with Crippen molar-refractivity contribution >= 4 is 44.7 Å². The molecule has 1 amide bonds. The Morgan fingerprint density at radius 3 is 2.90 bits per heavy atom. The Balaban J connectivity index is 1.48. The number of aliphatic hydroxyl groups excluding tert-OH is 1. The van der Waals surface area contributed by atoms with Gasteiger partial charge in [-0.3, -0.25) is 4.79 Å². The van der Waals surface area contributed by atoms with Gasteiger partial charge in [-0.25, -0.2) is 9.97 Å². The third-order valence-electron chi connectivity index (χ3n) is 5.49. The van der Waals surface area contributed by atoms with Crippen LogP contribution in [0.2, 0.25) is 0 Å². The number of nitrogens with one attached hydrogen (secondary N) is 3. The second-order valence-electron chi connectivity index (χ2n) is 7.45. The third kappa shape index (κ3) is 3.71. The minimum atomic E-state index is -0.576. The number of pyridine rings is 1. The molecule has 2 aromatic heterocycles. The lowest BCUT2D eigenvalue weighted by Crippen LogP contribution is -2.25. The zero-order valence-electron chi connectivity index (χ0n) is 16.8. The molecule has 7 nitrogen and oxygen atoms in total. The molecule has 1 aliphatic rings. The first-order chi connectivity index (χ1) is 15.1. The Morgan fingerprint density at radius 1 is 1.16 bits per heavy atom. The van der Waals surface area contributed by atoms with E-state index in [9.17, 15) is 9.90 Å². The zero-order chi connectivity index (χ0) is 21.4. The van der Waals surface area contributed by atoms with Gasteiger partial charge in [0.05, 0.1) is 39.1 Å². The van der Waals surface area contributed by atoms with Crippen molar-refractivity contribution in [2.24, 2.45) is 0 Å². The predicted octanol–water partition coefficient (Wildman–Crippen LogP) is 3.86. The summed E-state index contributed by atoms with van der Waals surface area (Å²) in [7, 11) is 1.59. The first kappa shape index (κ1) is 19.5. The Morgan fingerprint density at radius 2 is 2.03 bits per heavy atom. The van der Waals surface area contributed by atoms with Crippen LogP contribution >= 0.6 is 11.3 Å². The number of hydrogen-bond donors (Lipinski definition) is 4. The fourth-order valence-electron chi connectivity index (χ4n) is 3.95. The standard InChI is InChI=1S/C23H21N5O2S/c1-24-23(30)16-11-25-21(27-14-6-7-17-20(9-14)31-12-26-17)10-18(16)28-22-15-5-3-2-4-13(15)8-19(22)29/h2-7,9-12,19,22,29H,8H2,1H3,(H,24,30)(H2,25,27,28)/t19-,22-/m0/s1. The van der Waals surface area contributed by atoms with Gasteiger partial charge in [0, 0.05) is 31.4 Å². The van der Waals surface area contributed by atoms with Gasteiger partial charge in [-0.1, -0.05) is 24.3 Å². The largest absolute Gasteiger partial charge is 0.390 e. The van der Waals surface area contributed by atoms with Crippen molar-refractivity contribution in [3.8, 4) is 0 Å². The number of rotatable bonds is 5. The third-order valence-corrected chi connectivity index (χ3v) is 6.29. The van der Waals surface area contributed by atoms with Crippen LogP contribution in [0, 0.1) is 0 Å². The van der Waals surface area contributed by atoms with Gasteiger partial charge in [0.15, 0.2) is 0 Å². The highest BCUT2D eigenvalue weighted by molar-refractivity contribution is 7.16. The van der Waals surface area contributed by atoms with Gasteiger partial charge in [0.25, 0.3) is 5.91 Å². The average Bonchev–Trinajstić information content (AvgIpc) is 3.37. The summed E-state index contributed by atoms with van der Waals surface area (Å²) in [6.07, 6.45) is 1.55. The van der Waals surface area contributed by atoms with Crippen LogP contribution in [0.4, 0.5) is 17.2 Å². The molecule has 5 rings (SSSR count). The highest BCUT2D eigenvalue weighted by Crippen LogP contribution is 2.35. The van der Waals surface area contributed by atoms with Gasteiger partial charge in [-0.05, 0) is 29.3 Å². The van der Waals surface area contributed by atoms with E-state index in [2.05, 4.69) is 25.9 Å². The van der Waals surface area contributed by atoms with Crippen LogP contribution in [0.3, 0.4) is 0 Å². The molecule has 4 N–H and O–H groups in total. The summed E-state index contributed by atoms with van der Waals surface area (Å²) in [6.45, 7) is 0. The topological polar surface area (TPSA) is 99.2 Å². The molecule has 0 saturated carbocycles. The minimum absolute atomic E-state index is 0.242. The molecular formula is C23H21N5O2S. The molecule has 0 radical (unpaired) electrons. The fourth-order valence-corrected chi connectivity index (χ4v) is 4.67. The van der Waals surface area contributed by atoms with Gasteiger partial charge in [0.1, 0.15) is 5.82 Å². The predicted molar refractivity (Wildman–Crippen MR) is 123 cm³/mol. The van der Waals surface area contributed by atoms with E-state index in [-0.39, 0.29) is 11.9 Å². The number of thiazole rings is 1. The molecule has 2 aromatic carbocycles. The number of anilines is 3. The molecule has 156 valence electrons. The smallest absolute Gasteiger partial charge is 0.254 e. The Kier molecular flexibility index (Phi) is 5.01. The summed E-state index contributed by atoms with van der Waals surface area (Å²) >= 11 is 1.57. The Hall–Kier alpha value is -3.49. The molecule has 2 atom stereocenters. The van der Waals surface area contributed by atoms with Crippen LogP contribution in [0.5, 0.6) is 0 Å². The van der Waals surface area contributed by atoms with Crippen LogP contribution in [-0.4, -0.2) is 34.1 Å². The molecular weight excluding hydrogens is 410 g/mol. The van der Waals surface area contributed by atoms with Crippen LogP contribution < -0.4 is 16.0 Å². The van der Waals surface area contributed by atoms with Gasteiger partial charge in [-0.2, -0.15) is 0 Å². The highest BCUT2D eigenvalue weighted by Gasteiger charge is 2.31. The van der Waals surface area contributed by atoms with E-state index in [0.717, 1.165) is 27.0 Å². The van der Waals surface area contributed by atoms with Gasteiger partial charge < -0.3 is 21.1 Å². The maximum atomic E-state index is 12.4.